The Kier molecular flexibility index (Phi) is 4.80. The van der Waals surface area contributed by atoms with Crippen molar-refractivity contribution in [2.75, 3.05) is 46.4 Å². The molecule has 6 heteroatoms. The number of benzene rings is 1. The maximum atomic E-state index is 11.7. The van der Waals surface area contributed by atoms with Gasteiger partial charge in [0.2, 0.25) is 5.91 Å². The number of rotatable bonds is 3. The van der Waals surface area contributed by atoms with Gasteiger partial charge in [-0.15, -0.1) is 0 Å². The third-order valence-electron chi connectivity index (χ3n) is 5.93. The summed E-state index contributed by atoms with van der Waals surface area (Å²) in [5.41, 5.74) is -0.147. The fourth-order valence-corrected chi connectivity index (χ4v) is 4.18. The molecular formula is C20H28N2O4. The summed E-state index contributed by atoms with van der Waals surface area (Å²) in [6, 6.07) is 7.86. The molecule has 1 amide bonds. The molecule has 3 heterocycles. The molecule has 0 bridgehead atoms. The lowest BCUT2D eigenvalue weighted by atomic mass is 9.88. The van der Waals surface area contributed by atoms with Crippen molar-refractivity contribution in [1.82, 2.24) is 9.80 Å². The Morgan fingerprint density at radius 3 is 2.69 bits per heavy atom. The molecule has 0 radical (unpaired) electrons. The van der Waals surface area contributed by atoms with Crippen LogP contribution in [0.5, 0.6) is 11.5 Å². The minimum Gasteiger partial charge on any atom is -0.486 e. The zero-order chi connectivity index (χ0) is 18.1. The van der Waals surface area contributed by atoms with Crippen molar-refractivity contribution in [3.8, 4) is 11.5 Å². The SMILES string of the molecule is CC(CN1CCC2(CC1)CN(C)C(=O)CO2)[C@@H]1COc2ccccc2O1. The van der Waals surface area contributed by atoms with Gasteiger partial charge in [0.05, 0.1) is 5.60 Å². The quantitative estimate of drug-likeness (QED) is 0.823. The Balaban J connectivity index is 1.29. The number of hydrogen-bond acceptors (Lipinski definition) is 5. The molecule has 0 aliphatic carbocycles. The van der Waals surface area contributed by atoms with Gasteiger partial charge in [0.1, 0.15) is 19.3 Å². The first kappa shape index (κ1) is 17.6. The highest BCUT2D eigenvalue weighted by molar-refractivity contribution is 5.78. The Labute approximate surface area is 155 Å². The van der Waals surface area contributed by atoms with Gasteiger partial charge in [0.25, 0.3) is 0 Å². The van der Waals surface area contributed by atoms with Crippen LogP contribution in [0.2, 0.25) is 0 Å². The van der Waals surface area contributed by atoms with Crippen molar-refractivity contribution in [3.63, 3.8) is 0 Å². The smallest absolute Gasteiger partial charge is 0.248 e. The molecular weight excluding hydrogens is 332 g/mol. The van der Waals surface area contributed by atoms with Crippen LogP contribution >= 0.6 is 0 Å². The van der Waals surface area contributed by atoms with E-state index in [1.54, 1.807) is 0 Å². The number of morpholine rings is 1. The predicted molar refractivity (Wildman–Crippen MR) is 97.5 cm³/mol. The van der Waals surface area contributed by atoms with Crippen molar-refractivity contribution in [3.05, 3.63) is 24.3 Å². The molecule has 1 aromatic rings. The Morgan fingerprint density at radius 2 is 1.96 bits per heavy atom. The van der Waals surface area contributed by atoms with Gasteiger partial charge in [-0.2, -0.15) is 0 Å². The minimum atomic E-state index is -0.147. The number of nitrogens with zero attached hydrogens (tertiary/aromatic N) is 2. The standard InChI is InChI=1S/C20H28N2O4/c1-15(18-12-24-16-5-3-4-6-17(16)26-18)11-22-9-7-20(8-10-22)14-21(2)19(23)13-25-20/h3-6,15,18H,7-14H2,1-2H3/t15?,18-/m0/s1. The van der Waals surface area contributed by atoms with Crippen LogP contribution in [0, 0.1) is 5.92 Å². The molecule has 3 aliphatic rings. The van der Waals surface area contributed by atoms with Crippen LogP contribution in [0.25, 0.3) is 0 Å². The van der Waals surface area contributed by atoms with Crippen molar-refractivity contribution >= 4 is 5.91 Å². The highest BCUT2D eigenvalue weighted by atomic mass is 16.6. The Hall–Kier alpha value is -1.79. The highest BCUT2D eigenvalue weighted by Gasteiger charge is 2.41. The minimum absolute atomic E-state index is 0.0791. The average molecular weight is 360 g/mol. The van der Waals surface area contributed by atoms with E-state index in [2.05, 4.69) is 11.8 Å². The average Bonchev–Trinajstić information content (AvgIpc) is 2.66. The summed E-state index contributed by atoms with van der Waals surface area (Å²) in [6.45, 7) is 6.75. The number of piperidine rings is 1. The summed E-state index contributed by atoms with van der Waals surface area (Å²) in [6.07, 6.45) is 2.03. The second-order valence-electron chi connectivity index (χ2n) is 7.91. The molecule has 26 heavy (non-hydrogen) atoms. The lowest BCUT2D eigenvalue weighted by Gasteiger charge is -2.46. The number of hydrogen-bond donors (Lipinski definition) is 0. The summed E-state index contributed by atoms with van der Waals surface area (Å²) in [7, 11) is 1.87. The van der Waals surface area contributed by atoms with Crippen molar-refractivity contribution in [2.24, 2.45) is 5.92 Å². The van der Waals surface area contributed by atoms with Crippen molar-refractivity contribution in [1.29, 1.82) is 0 Å². The summed E-state index contributed by atoms with van der Waals surface area (Å²) in [4.78, 5) is 16.0. The molecule has 1 spiro atoms. The maximum absolute atomic E-state index is 11.7. The third-order valence-corrected chi connectivity index (χ3v) is 5.93. The van der Waals surface area contributed by atoms with Gasteiger partial charge in [-0.3, -0.25) is 4.79 Å². The second-order valence-corrected chi connectivity index (χ2v) is 7.91. The van der Waals surface area contributed by atoms with Gasteiger partial charge in [-0.1, -0.05) is 19.1 Å². The molecule has 3 aliphatic heterocycles. The van der Waals surface area contributed by atoms with Crippen LogP contribution in [0.1, 0.15) is 19.8 Å². The van der Waals surface area contributed by atoms with Crippen LogP contribution < -0.4 is 9.47 Å². The molecule has 2 fully saturated rings. The first-order valence-electron chi connectivity index (χ1n) is 9.53. The Bertz CT molecular complexity index is 657. The van der Waals surface area contributed by atoms with E-state index in [1.807, 2.05) is 36.2 Å². The van der Waals surface area contributed by atoms with Gasteiger partial charge in [-0.25, -0.2) is 0 Å². The number of carbonyl (C=O) groups is 1. The van der Waals surface area contributed by atoms with Crippen LogP contribution in [-0.4, -0.2) is 73.9 Å². The zero-order valence-corrected chi connectivity index (χ0v) is 15.6. The van der Waals surface area contributed by atoms with E-state index in [9.17, 15) is 4.79 Å². The van der Waals surface area contributed by atoms with Gasteiger partial charge in [-0.05, 0) is 25.0 Å². The van der Waals surface area contributed by atoms with E-state index in [1.165, 1.54) is 0 Å². The molecule has 0 aromatic heterocycles. The first-order chi connectivity index (χ1) is 12.5. The monoisotopic (exact) mass is 360 g/mol. The fraction of sp³-hybridized carbons (Fsp3) is 0.650. The van der Waals surface area contributed by atoms with E-state index in [0.29, 0.717) is 19.1 Å². The molecule has 0 saturated carbocycles. The topological polar surface area (TPSA) is 51.2 Å². The number of para-hydroxylation sites is 2. The normalized spacial score (nSPS) is 26.8. The molecule has 142 valence electrons. The number of ether oxygens (including phenoxy) is 3. The van der Waals surface area contributed by atoms with Gasteiger partial charge in [0, 0.05) is 39.1 Å². The molecule has 4 rings (SSSR count). The number of carbonyl (C=O) groups excluding carboxylic acids is 1. The first-order valence-corrected chi connectivity index (χ1v) is 9.53. The predicted octanol–water partition coefficient (Wildman–Crippen LogP) is 1.79. The number of likely N-dealkylation sites (tertiary alicyclic amines) is 1. The van der Waals surface area contributed by atoms with E-state index in [0.717, 1.165) is 44.0 Å². The zero-order valence-electron chi connectivity index (χ0n) is 15.6. The van der Waals surface area contributed by atoms with Crippen molar-refractivity contribution in [2.45, 2.75) is 31.5 Å². The molecule has 1 aromatic carbocycles. The number of likely N-dealkylation sites (N-methyl/N-ethyl adjacent to an activating group) is 1. The van der Waals surface area contributed by atoms with Crippen LogP contribution in [-0.2, 0) is 9.53 Å². The lowest BCUT2D eigenvalue weighted by molar-refractivity contribution is -0.169. The highest BCUT2D eigenvalue weighted by Crippen LogP contribution is 2.34. The van der Waals surface area contributed by atoms with E-state index >= 15 is 0 Å². The fourth-order valence-electron chi connectivity index (χ4n) is 4.18. The summed E-state index contributed by atoms with van der Waals surface area (Å²) >= 11 is 0. The van der Waals surface area contributed by atoms with Crippen molar-refractivity contribution < 1.29 is 19.0 Å². The van der Waals surface area contributed by atoms with Crippen LogP contribution in [0.15, 0.2) is 24.3 Å². The summed E-state index contributed by atoms with van der Waals surface area (Å²) in [5.74, 6) is 2.15. The molecule has 1 unspecified atom stereocenters. The summed E-state index contributed by atoms with van der Waals surface area (Å²) < 4.78 is 17.9. The maximum Gasteiger partial charge on any atom is 0.248 e. The Morgan fingerprint density at radius 1 is 1.23 bits per heavy atom. The van der Waals surface area contributed by atoms with Gasteiger partial charge >= 0.3 is 0 Å². The summed E-state index contributed by atoms with van der Waals surface area (Å²) in [5, 5.41) is 0. The second kappa shape index (κ2) is 7.08. The molecule has 6 nitrogen and oxygen atoms in total. The lowest BCUT2D eigenvalue weighted by Crippen LogP contribution is -2.58. The molecule has 0 N–H and O–H groups in total. The van der Waals surface area contributed by atoms with Crippen LogP contribution in [0.4, 0.5) is 0 Å². The largest absolute Gasteiger partial charge is 0.486 e. The van der Waals surface area contributed by atoms with E-state index < -0.39 is 0 Å². The van der Waals surface area contributed by atoms with E-state index in [4.69, 9.17) is 14.2 Å². The molecule has 2 atom stereocenters. The molecule has 2 saturated heterocycles. The van der Waals surface area contributed by atoms with Gasteiger partial charge in [0.15, 0.2) is 11.5 Å². The number of amides is 1. The third kappa shape index (κ3) is 3.53. The van der Waals surface area contributed by atoms with Gasteiger partial charge < -0.3 is 24.0 Å². The van der Waals surface area contributed by atoms with Crippen LogP contribution in [0.3, 0.4) is 0 Å². The van der Waals surface area contributed by atoms with E-state index in [-0.39, 0.29) is 24.2 Å². The number of fused-ring (bicyclic) bond motifs is 1.